The summed E-state index contributed by atoms with van der Waals surface area (Å²) in [5.41, 5.74) is 0.229. The Morgan fingerprint density at radius 2 is 2.41 bits per heavy atom. The van der Waals surface area contributed by atoms with E-state index in [1.165, 1.54) is 0 Å². The maximum absolute atomic E-state index is 12.2. The van der Waals surface area contributed by atoms with Gasteiger partial charge in [-0.15, -0.1) is 0 Å². The predicted molar refractivity (Wildman–Crippen MR) is 61.6 cm³/mol. The molecule has 0 atom stereocenters. The van der Waals surface area contributed by atoms with Gasteiger partial charge in [-0.1, -0.05) is 0 Å². The third-order valence-electron chi connectivity index (χ3n) is 3.36. The summed E-state index contributed by atoms with van der Waals surface area (Å²) in [6, 6.07) is 2.17. The molecule has 0 bridgehead atoms. The maximum atomic E-state index is 12.2. The number of nitrogens with zero attached hydrogens (tertiary/aromatic N) is 4. The van der Waals surface area contributed by atoms with Gasteiger partial charge in [0.05, 0.1) is 12.3 Å². The van der Waals surface area contributed by atoms with Crippen molar-refractivity contribution < 1.29 is 4.79 Å². The van der Waals surface area contributed by atoms with Crippen molar-refractivity contribution in [1.82, 2.24) is 14.7 Å². The highest BCUT2D eigenvalue weighted by molar-refractivity contribution is 5.86. The Balaban J connectivity index is 2.03. The Labute approximate surface area is 101 Å². The molecule has 0 unspecified atom stereocenters. The van der Waals surface area contributed by atoms with Gasteiger partial charge in [0.2, 0.25) is 5.91 Å². The Kier molecular flexibility index (Phi) is 2.88. The first-order valence-electron chi connectivity index (χ1n) is 5.72. The summed E-state index contributed by atoms with van der Waals surface area (Å²) >= 11 is 0. The highest BCUT2D eigenvalue weighted by atomic mass is 16.2. The summed E-state index contributed by atoms with van der Waals surface area (Å²) in [4.78, 5) is 13.8. The van der Waals surface area contributed by atoms with Crippen LogP contribution in [0.3, 0.4) is 0 Å². The van der Waals surface area contributed by atoms with Crippen LogP contribution in [-0.4, -0.2) is 27.6 Å². The van der Waals surface area contributed by atoms with Gasteiger partial charge >= 0.3 is 0 Å². The summed E-state index contributed by atoms with van der Waals surface area (Å²) in [5, 5.41) is 13.2. The van der Waals surface area contributed by atoms with Crippen LogP contribution in [0.1, 0.15) is 24.8 Å². The summed E-state index contributed by atoms with van der Waals surface area (Å²) in [5.74, 6) is -0.0601. The van der Waals surface area contributed by atoms with E-state index in [0.29, 0.717) is 19.4 Å². The predicted octanol–water partition coefficient (Wildman–Crippen LogP) is 1.07. The normalized spacial score (nSPS) is 17.0. The van der Waals surface area contributed by atoms with E-state index in [4.69, 9.17) is 5.26 Å². The van der Waals surface area contributed by atoms with Gasteiger partial charge < -0.3 is 4.90 Å². The average molecular weight is 232 g/mol. The quantitative estimate of drug-likeness (QED) is 0.783. The molecule has 1 heterocycles. The van der Waals surface area contributed by atoms with Gasteiger partial charge in [0, 0.05) is 32.4 Å². The Hall–Kier alpha value is -1.83. The number of amides is 1. The molecule has 5 nitrogen and oxygen atoms in total. The van der Waals surface area contributed by atoms with Gasteiger partial charge in [0.25, 0.3) is 0 Å². The Morgan fingerprint density at radius 1 is 1.71 bits per heavy atom. The van der Waals surface area contributed by atoms with E-state index in [-0.39, 0.29) is 5.91 Å². The van der Waals surface area contributed by atoms with Crippen molar-refractivity contribution in [3.05, 3.63) is 18.0 Å². The number of carbonyl (C=O) groups is 1. The SMILES string of the molecule is CN(Cc1cnn(C)c1)C(=O)C1(C#N)CCC1. The summed E-state index contributed by atoms with van der Waals surface area (Å²) in [6.45, 7) is 0.510. The van der Waals surface area contributed by atoms with Crippen molar-refractivity contribution in [3.63, 3.8) is 0 Å². The van der Waals surface area contributed by atoms with Crippen molar-refractivity contribution in [2.24, 2.45) is 12.5 Å². The standard InChI is InChI=1S/C12H16N4O/c1-15(7-10-6-14-16(2)8-10)11(17)12(9-13)4-3-5-12/h6,8H,3-5,7H2,1-2H3. The summed E-state index contributed by atoms with van der Waals surface area (Å²) < 4.78 is 1.71. The van der Waals surface area contributed by atoms with E-state index in [1.807, 2.05) is 13.2 Å². The number of hydrogen-bond donors (Lipinski definition) is 0. The smallest absolute Gasteiger partial charge is 0.243 e. The van der Waals surface area contributed by atoms with Gasteiger partial charge in [-0.05, 0) is 19.3 Å². The fraction of sp³-hybridized carbons (Fsp3) is 0.583. The summed E-state index contributed by atoms with van der Waals surface area (Å²) in [6.07, 6.45) is 5.98. The largest absolute Gasteiger partial charge is 0.340 e. The van der Waals surface area contributed by atoms with Crippen LogP contribution in [0.15, 0.2) is 12.4 Å². The van der Waals surface area contributed by atoms with E-state index >= 15 is 0 Å². The van der Waals surface area contributed by atoms with Crippen molar-refractivity contribution >= 4 is 5.91 Å². The molecule has 5 heteroatoms. The molecule has 90 valence electrons. The van der Waals surface area contributed by atoms with Gasteiger partial charge in [-0.25, -0.2) is 0 Å². The first-order chi connectivity index (χ1) is 8.07. The van der Waals surface area contributed by atoms with Crippen LogP contribution in [0, 0.1) is 16.7 Å². The molecule has 1 aromatic rings. The molecule has 1 amide bonds. The molecule has 1 aliphatic rings. The average Bonchev–Trinajstić information content (AvgIpc) is 2.63. The minimum atomic E-state index is -0.753. The molecule has 1 aromatic heterocycles. The van der Waals surface area contributed by atoms with E-state index < -0.39 is 5.41 Å². The van der Waals surface area contributed by atoms with Gasteiger partial charge in [0.15, 0.2) is 0 Å². The zero-order chi connectivity index (χ0) is 12.5. The van der Waals surface area contributed by atoms with E-state index in [0.717, 1.165) is 12.0 Å². The zero-order valence-corrected chi connectivity index (χ0v) is 10.2. The highest BCUT2D eigenvalue weighted by Gasteiger charge is 2.46. The molecule has 0 saturated heterocycles. The van der Waals surface area contributed by atoms with Gasteiger partial charge in [-0.3, -0.25) is 9.48 Å². The Bertz CT molecular complexity index is 467. The molecular weight excluding hydrogens is 216 g/mol. The molecule has 0 N–H and O–H groups in total. The van der Waals surface area contributed by atoms with Crippen molar-refractivity contribution in [1.29, 1.82) is 5.26 Å². The second kappa shape index (κ2) is 4.21. The first-order valence-corrected chi connectivity index (χ1v) is 5.72. The molecule has 1 aliphatic carbocycles. The molecule has 17 heavy (non-hydrogen) atoms. The van der Waals surface area contributed by atoms with Crippen LogP contribution in [0.5, 0.6) is 0 Å². The third kappa shape index (κ3) is 2.03. The minimum absolute atomic E-state index is 0.0601. The molecule has 0 aromatic carbocycles. The molecular formula is C12H16N4O. The second-order valence-corrected chi connectivity index (χ2v) is 4.73. The van der Waals surface area contributed by atoms with Crippen LogP contribution in [0.2, 0.25) is 0 Å². The van der Waals surface area contributed by atoms with E-state index in [9.17, 15) is 4.79 Å². The van der Waals surface area contributed by atoms with Crippen LogP contribution < -0.4 is 0 Å². The molecule has 1 fully saturated rings. The fourth-order valence-electron chi connectivity index (χ4n) is 2.17. The number of rotatable bonds is 3. The fourth-order valence-corrected chi connectivity index (χ4v) is 2.17. The van der Waals surface area contributed by atoms with Gasteiger partial charge in [-0.2, -0.15) is 10.4 Å². The minimum Gasteiger partial charge on any atom is -0.340 e. The van der Waals surface area contributed by atoms with Crippen LogP contribution in [-0.2, 0) is 18.4 Å². The van der Waals surface area contributed by atoms with Crippen molar-refractivity contribution in [2.45, 2.75) is 25.8 Å². The lowest BCUT2D eigenvalue weighted by molar-refractivity contribution is -0.142. The topological polar surface area (TPSA) is 61.9 Å². The van der Waals surface area contributed by atoms with Crippen LogP contribution in [0.25, 0.3) is 0 Å². The number of carbonyl (C=O) groups excluding carboxylic acids is 1. The summed E-state index contributed by atoms with van der Waals surface area (Å²) in [7, 11) is 3.58. The number of hydrogen-bond acceptors (Lipinski definition) is 3. The highest BCUT2D eigenvalue weighted by Crippen LogP contribution is 2.41. The lowest BCUT2D eigenvalue weighted by Crippen LogP contribution is -2.45. The molecule has 1 saturated carbocycles. The first kappa shape index (κ1) is 11.6. The molecule has 0 radical (unpaired) electrons. The molecule has 0 spiro atoms. The van der Waals surface area contributed by atoms with E-state index in [2.05, 4.69) is 11.2 Å². The zero-order valence-electron chi connectivity index (χ0n) is 10.2. The number of aryl methyl sites for hydroxylation is 1. The van der Waals surface area contributed by atoms with Crippen molar-refractivity contribution in [3.8, 4) is 6.07 Å². The van der Waals surface area contributed by atoms with Crippen molar-refractivity contribution in [2.75, 3.05) is 7.05 Å². The van der Waals surface area contributed by atoms with Crippen LogP contribution in [0.4, 0.5) is 0 Å². The number of aromatic nitrogens is 2. The molecule has 2 rings (SSSR count). The van der Waals surface area contributed by atoms with E-state index in [1.54, 1.807) is 22.8 Å². The monoisotopic (exact) mass is 232 g/mol. The third-order valence-corrected chi connectivity index (χ3v) is 3.36. The van der Waals surface area contributed by atoms with Gasteiger partial charge in [0.1, 0.15) is 5.41 Å². The lowest BCUT2D eigenvalue weighted by atomic mass is 9.69. The molecule has 0 aliphatic heterocycles. The second-order valence-electron chi connectivity index (χ2n) is 4.73. The maximum Gasteiger partial charge on any atom is 0.243 e. The number of nitriles is 1. The lowest BCUT2D eigenvalue weighted by Gasteiger charge is -2.36. The van der Waals surface area contributed by atoms with Crippen LogP contribution >= 0.6 is 0 Å². The Morgan fingerprint density at radius 3 is 2.82 bits per heavy atom.